The lowest BCUT2D eigenvalue weighted by molar-refractivity contribution is -0.115. The molecule has 3 N–H and O–H groups in total. The van der Waals surface area contributed by atoms with Crippen LogP contribution in [0, 0.1) is 6.92 Å². The standard InChI is InChI=1S/C18H20N2O4/c1-11-8-15(23-2)16(24-3)9-13(11)10-17(21)20-14-6-4-12(5-7-14)18(19)22/h4-9H,10H2,1-3H3,(H2,19,22)(H,20,21). The van der Waals surface area contributed by atoms with E-state index in [0.717, 1.165) is 11.1 Å². The van der Waals surface area contributed by atoms with Crippen molar-refractivity contribution in [2.75, 3.05) is 19.5 Å². The maximum atomic E-state index is 12.2. The van der Waals surface area contributed by atoms with Crippen LogP contribution in [0.25, 0.3) is 0 Å². The molecule has 0 aliphatic heterocycles. The Balaban J connectivity index is 2.10. The zero-order chi connectivity index (χ0) is 17.7. The summed E-state index contributed by atoms with van der Waals surface area (Å²) in [6.45, 7) is 1.91. The summed E-state index contributed by atoms with van der Waals surface area (Å²) in [6.07, 6.45) is 0.198. The summed E-state index contributed by atoms with van der Waals surface area (Å²) in [6, 6.07) is 10.0. The first kappa shape index (κ1) is 17.3. The molecule has 2 rings (SSSR count). The number of nitrogens with one attached hydrogen (secondary N) is 1. The number of anilines is 1. The zero-order valence-corrected chi connectivity index (χ0v) is 13.9. The molecule has 0 bridgehead atoms. The molecule has 0 heterocycles. The molecule has 0 saturated carbocycles. The van der Waals surface area contributed by atoms with Gasteiger partial charge < -0.3 is 20.5 Å². The van der Waals surface area contributed by atoms with Crippen molar-refractivity contribution in [1.82, 2.24) is 0 Å². The third-order valence-electron chi connectivity index (χ3n) is 3.65. The molecule has 6 nitrogen and oxygen atoms in total. The molecule has 0 fully saturated rings. The van der Waals surface area contributed by atoms with Gasteiger partial charge in [-0.25, -0.2) is 0 Å². The second kappa shape index (κ2) is 7.50. The minimum absolute atomic E-state index is 0.169. The second-order valence-corrected chi connectivity index (χ2v) is 5.30. The van der Waals surface area contributed by atoms with Gasteiger partial charge in [0.25, 0.3) is 0 Å². The molecule has 126 valence electrons. The van der Waals surface area contributed by atoms with E-state index in [1.807, 2.05) is 13.0 Å². The Morgan fingerprint density at radius 3 is 2.17 bits per heavy atom. The van der Waals surface area contributed by atoms with Crippen LogP contribution in [-0.4, -0.2) is 26.0 Å². The monoisotopic (exact) mass is 328 g/mol. The number of carbonyl (C=O) groups excluding carboxylic acids is 2. The van der Waals surface area contributed by atoms with Gasteiger partial charge in [-0.15, -0.1) is 0 Å². The fraction of sp³-hybridized carbons (Fsp3) is 0.222. The minimum atomic E-state index is -0.506. The zero-order valence-electron chi connectivity index (χ0n) is 13.9. The topological polar surface area (TPSA) is 90.6 Å². The van der Waals surface area contributed by atoms with Gasteiger partial charge in [0.15, 0.2) is 11.5 Å². The highest BCUT2D eigenvalue weighted by atomic mass is 16.5. The van der Waals surface area contributed by atoms with E-state index in [-0.39, 0.29) is 12.3 Å². The molecule has 2 amide bonds. The van der Waals surface area contributed by atoms with Crippen LogP contribution in [0.1, 0.15) is 21.5 Å². The van der Waals surface area contributed by atoms with Crippen molar-refractivity contribution in [1.29, 1.82) is 0 Å². The summed E-state index contributed by atoms with van der Waals surface area (Å²) in [4.78, 5) is 23.3. The predicted octanol–water partition coefficient (Wildman–Crippen LogP) is 2.29. The Kier molecular flexibility index (Phi) is 5.42. The lowest BCUT2D eigenvalue weighted by atomic mass is 10.0. The summed E-state index contributed by atoms with van der Waals surface area (Å²) >= 11 is 0. The highest BCUT2D eigenvalue weighted by molar-refractivity contribution is 5.95. The molecule has 2 aromatic rings. The number of hydrogen-bond donors (Lipinski definition) is 2. The summed E-state index contributed by atoms with van der Waals surface area (Å²) in [7, 11) is 3.12. The molecular weight excluding hydrogens is 308 g/mol. The highest BCUT2D eigenvalue weighted by Crippen LogP contribution is 2.30. The van der Waals surface area contributed by atoms with Gasteiger partial charge in [-0.1, -0.05) is 0 Å². The largest absolute Gasteiger partial charge is 0.493 e. The number of rotatable bonds is 6. The molecule has 0 atom stereocenters. The van der Waals surface area contributed by atoms with E-state index in [2.05, 4.69) is 5.32 Å². The van der Waals surface area contributed by atoms with Crippen LogP contribution in [-0.2, 0) is 11.2 Å². The molecule has 0 radical (unpaired) electrons. The lowest BCUT2D eigenvalue weighted by Crippen LogP contribution is -2.16. The van der Waals surface area contributed by atoms with E-state index in [4.69, 9.17) is 15.2 Å². The normalized spacial score (nSPS) is 10.1. The Labute approximate surface area is 140 Å². The van der Waals surface area contributed by atoms with E-state index < -0.39 is 5.91 Å². The Hall–Kier alpha value is -3.02. The average molecular weight is 328 g/mol. The van der Waals surface area contributed by atoms with Crippen molar-refractivity contribution < 1.29 is 19.1 Å². The van der Waals surface area contributed by atoms with Gasteiger partial charge in [0.05, 0.1) is 20.6 Å². The first-order valence-electron chi connectivity index (χ1n) is 7.35. The molecule has 0 aromatic heterocycles. The van der Waals surface area contributed by atoms with Crippen LogP contribution in [0.2, 0.25) is 0 Å². The Morgan fingerprint density at radius 1 is 1.04 bits per heavy atom. The van der Waals surface area contributed by atoms with Gasteiger partial charge in [0.2, 0.25) is 11.8 Å². The highest BCUT2D eigenvalue weighted by Gasteiger charge is 2.12. The van der Waals surface area contributed by atoms with Gasteiger partial charge in [-0.05, 0) is 54.4 Å². The van der Waals surface area contributed by atoms with E-state index in [1.165, 1.54) is 0 Å². The van der Waals surface area contributed by atoms with E-state index in [9.17, 15) is 9.59 Å². The third kappa shape index (κ3) is 4.04. The summed E-state index contributed by atoms with van der Waals surface area (Å²) in [5.74, 6) is 0.531. The van der Waals surface area contributed by atoms with E-state index in [1.54, 1.807) is 44.6 Å². The minimum Gasteiger partial charge on any atom is -0.493 e. The number of benzene rings is 2. The quantitative estimate of drug-likeness (QED) is 0.851. The van der Waals surface area contributed by atoms with E-state index in [0.29, 0.717) is 22.7 Å². The third-order valence-corrected chi connectivity index (χ3v) is 3.65. The molecule has 0 aliphatic carbocycles. The molecule has 24 heavy (non-hydrogen) atoms. The van der Waals surface area contributed by atoms with Crippen molar-refractivity contribution in [2.24, 2.45) is 5.73 Å². The van der Waals surface area contributed by atoms with Crippen LogP contribution >= 0.6 is 0 Å². The number of hydrogen-bond acceptors (Lipinski definition) is 4. The summed E-state index contributed by atoms with van der Waals surface area (Å²) in [5, 5.41) is 2.79. The van der Waals surface area contributed by atoms with Gasteiger partial charge in [-0.3, -0.25) is 9.59 Å². The molecule has 0 unspecified atom stereocenters. The van der Waals surface area contributed by atoms with Crippen molar-refractivity contribution in [2.45, 2.75) is 13.3 Å². The maximum absolute atomic E-state index is 12.2. The number of ether oxygens (including phenoxy) is 2. The predicted molar refractivity (Wildman–Crippen MR) is 91.6 cm³/mol. The molecule has 6 heteroatoms. The number of methoxy groups -OCH3 is 2. The molecule has 2 aromatic carbocycles. The number of amides is 2. The van der Waals surface area contributed by atoms with Crippen molar-refractivity contribution in [3.8, 4) is 11.5 Å². The fourth-order valence-electron chi connectivity index (χ4n) is 2.31. The van der Waals surface area contributed by atoms with Crippen LogP contribution < -0.4 is 20.5 Å². The lowest BCUT2D eigenvalue weighted by Gasteiger charge is -2.13. The Morgan fingerprint density at radius 2 is 1.62 bits per heavy atom. The number of aryl methyl sites for hydroxylation is 1. The van der Waals surface area contributed by atoms with Crippen molar-refractivity contribution in [3.63, 3.8) is 0 Å². The smallest absolute Gasteiger partial charge is 0.248 e. The molecular formula is C18H20N2O4. The van der Waals surface area contributed by atoms with Crippen LogP contribution in [0.4, 0.5) is 5.69 Å². The van der Waals surface area contributed by atoms with E-state index >= 15 is 0 Å². The average Bonchev–Trinajstić information content (AvgIpc) is 2.56. The van der Waals surface area contributed by atoms with Gasteiger partial charge in [0.1, 0.15) is 0 Å². The SMILES string of the molecule is COc1cc(C)c(CC(=O)Nc2ccc(C(N)=O)cc2)cc1OC. The molecule has 0 spiro atoms. The van der Waals surface area contributed by atoms with Crippen LogP contribution in [0.5, 0.6) is 11.5 Å². The number of nitrogens with two attached hydrogens (primary N) is 1. The maximum Gasteiger partial charge on any atom is 0.248 e. The Bertz CT molecular complexity index is 754. The van der Waals surface area contributed by atoms with Gasteiger partial charge in [0, 0.05) is 11.3 Å². The first-order valence-corrected chi connectivity index (χ1v) is 7.35. The van der Waals surface area contributed by atoms with Crippen LogP contribution in [0.15, 0.2) is 36.4 Å². The van der Waals surface area contributed by atoms with Gasteiger partial charge in [-0.2, -0.15) is 0 Å². The summed E-state index contributed by atoms with van der Waals surface area (Å²) in [5.41, 5.74) is 7.96. The number of primary amides is 1. The molecule has 0 aliphatic rings. The van der Waals surface area contributed by atoms with Crippen molar-refractivity contribution in [3.05, 3.63) is 53.1 Å². The second-order valence-electron chi connectivity index (χ2n) is 5.30. The first-order chi connectivity index (χ1) is 11.4. The van der Waals surface area contributed by atoms with Gasteiger partial charge >= 0.3 is 0 Å². The number of carbonyl (C=O) groups is 2. The van der Waals surface area contributed by atoms with Crippen LogP contribution in [0.3, 0.4) is 0 Å². The molecule has 0 saturated heterocycles. The fourth-order valence-corrected chi connectivity index (χ4v) is 2.31. The summed E-state index contributed by atoms with van der Waals surface area (Å²) < 4.78 is 10.5. The van der Waals surface area contributed by atoms with Crippen molar-refractivity contribution >= 4 is 17.5 Å².